The molecule has 0 aliphatic rings. The van der Waals surface area contributed by atoms with Crippen LogP contribution < -0.4 is 11.0 Å². The van der Waals surface area contributed by atoms with E-state index >= 15 is 0 Å². The topological polar surface area (TPSA) is 105 Å². The van der Waals surface area contributed by atoms with Gasteiger partial charge in [-0.3, -0.25) is 9.59 Å². The molecule has 0 saturated heterocycles. The molecule has 8 nitrogen and oxygen atoms in total. The number of aryl methyl sites for hydroxylation is 2. The molecule has 0 bridgehead atoms. The first-order valence-corrected chi connectivity index (χ1v) is 10.0. The number of nitrogens with zero attached hydrogens (tertiary/aromatic N) is 4. The second kappa shape index (κ2) is 8.93. The van der Waals surface area contributed by atoms with Gasteiger partial charge in [-0.25, -0.2) is 15.1 Å². The Labute approximate surface area is 182 Å². The predicted octanol–water partition coefficient (Wildman–Crippen LogP) is 3.15. The SMILES string of the molecule is Cc1nn(-c2ccccc2)c(Cl)c1/C=N/NC(=O)CCc1nc2ccccc2[nH]c1=O. The van der Waals surface area contributed by atoms with E-state index in [1.807, 2.05) is 49.4 Å². The van der Waals surface area contributed by atoms with Crippen molar-refractivity contribution in [3.05, 3.63) is 87.1 Å². The third-order valence-electron chi connectivity index (χ3n) is 4.69. The first-order chi connectivity index (χ1) is 15.0. The van der Waals surface area contributed by atoms with Crippen LogP contribution in [0.15, 0.2) is 64.5 Å². The highest BCUT2D eigenvalue weighted by Crippen LogP contribution is 2.21. The Balaban J connectivity index is 1.40. The molecule has 9 heteroatoms. The summed E-state index contributed by atoms with van der Waals surface area (Å²) in [5.74, 6) is -0.338. The number of hydrogen-bond donors (Lipinski definition) is 2. The molecule has 156 valence electrons. The maximum atomic E-state index is 12.2. The van der Waals surface area contributed by atoms with Crippen LogP contribution in [-0.4, -0.2) is 31.9 Å². The van der Waals surface area contributed by atoms with Crippen molar-refractivity contribution in [3.63, 3.8) is 0 Å². The quantitative estimate of drug-likeness (QED) is 0.359. The van der Waals surface area contributed by atoms with Crippen LogP contribution in [0.25, 0.3) is 16.7 Å². The van der Waals surface area contributed by atoms with E-state index in [1.54, 1.807) is 16.8 Å². The zero-order valence-electron chi connectivity index (χ0n) is 16.7. The minimum Gasteiger partial charge on any atom is -0.319 e. The van der Waals surface area contributed by atoms with Crippen molar-refractivity contribution in [2.75, 3.05) is 0 Å². The fourth-order valence-electron chi connectivity index (χ4n) is 3.09. The van der Waals surface area contributed by atoms with Crippen molar-refractivity contribution in [3.8, 4) is 5.69 Å². The van der Waals surface area contributed by atoms with Crippen LogP contribution in [0.5, 0.6) is 0 Å². The number of benzene rings is 2. The molecule has 0 spiro atoms. The zero-order valence-corrected chi connectivity index (χ0v) is 17.4. The maximum Gasteiger partial charge on any atom is 0.270 e. The third kappa shape index (κ3) is 4.54. The van der Waals surface area contributed by atoms with Gasteiger partial charge in [-0.15, -0.1) is 0 Å². The largest absolute Gasteiger partial charge is 0.319 e. The molecule has 2 aromatic heterocycles. The molecule has 2 heterocycles. The van der Waals surface area contributed by atoms with Crippen molar-refractivity contribution >= 4 is 34.8 Å². The van der Waals surface area contributed by atoms with E-state index in [-0.39, 0.29) is 24.3 Å². The van der Waals surface area contributed by atoms with E-state index in [2.05, 4.69) is 25.6 Å². The summed E-state index contributed by atoms with van der Waals surface area (Å²) in [5.41, 5.74) is 5.92. The van der Waals surface area contributed by atoms with Crippen LogP contribution in [0.1, 0.15) is 23.4 Å². The Hall–Kier alpha value is -3.78. The van der Waals surface area contributed by atoms with Gasteiger partial charge in [-0.1, -0.05) is 41.9 Å². The van der Waals surface area contributed by atoms with Crippen molar-refractivity contribution in [1.29, 1.82) is 0 Å². The van der Waals surface area contributed by atoms with Gasteiger partial charge in [0.05, 0.1) is 34.2 Å². The first-order valence-electron chi connectivity index (χ1n) is 9.63. The maximum absolute atomic E-state index is 12.2. The van der Waals surface area contributed by atoms with Gasteiger partial charge in [-0.05, 0) is 31.2 Å². The summed E-state index contributed by atoms with van der Waals surface area (Å²) in [6.07, 6.45) is 1.73. The van der Waals surface area contributed by atoms with Crippen molar-refractivity contribution in [2.24, 2.45) is 5.10 Å². The minimum atomic E-state index is -0.338. The smallest absolute Gasteiger partial charge is 0.270 e. The van der Waals surface area contributed by atoms with E-state index in [1.165, 1.54) is 6.21 Å². The van der Waals surface area contributed by atoms with Gasteiger partial charge in [-0.2, -0.15) is 10.2 Å². The fraction of sp³-hybridized carbons (Fsp3) is 0.136. The molecule has 4 aromatic rings. The van der Waals surface area contributed by atoms with Crippen molar-refractivity contribution < 1.29 is 4.79 Å². The average Bonchev–Trinajstić information content (AvgIpc) is 3.06. The van der Waals surface area contributed by atoms with Gasteiger partial charge >= 0.3 is 0 Å². The van der Waals surface area contributed by atoms with Gasteiger partial charge < -0.3 is 4.98 Å². The van der Waals surface area contributed by atoms with Gasteiger partial charge in [0, 0.05) is 12.8 Å². The first kappa shape index (κ1) is 20.5. The molecule has 4 rings (SSSR count). The van der Waals surface area contributed by atoms with Crippen molar-refractivity contribution in [2.45, 2.75) is 19.8 Å². The van der Waals surface area contributed by atoms with E-state index in [0.717, 1.165) is 5.69 Å². The molecule has 2 N–H and O–H groups in total. The van der Waals surface area contributed by atoms with Crippen LogP contribution in [0, 0.1) is 6.92 Å². The van der Waals surface area contributed by atoms with Crippen LogP contribution in [0.2, 0.25) is 5.15 Å². The second-order valence-electron chi connectivity index (χ2n) is 6.86. The number of para-hydroxylation sites is 3. The molecule has 31 heavy (non-hydrogen) atoms. The standard InChI is InChI=1S/C22H19ClN6O2/c1-14-16(21(23)29(28-14)15-7-3-2-4-8-15)13-24-27-20(30)12-11-19-22(31)26-18-10-6-5-9-17(18)25-19/h2-10,13H,11-12H2,1H3,(H,26,31)(H,27,30)/b24-13+. The lowest BCUT2D eigenvalue weighted by Crippen LogP contribution is -2.21. The molecule has 0 aliphatic heterocycles. The summed E-state index contributed by atoms with van der Waals surface area (Å²) in [5, 5.41) is 8.81. The molecular formula is C22H19ClN6O2. The monoisotopic (exact) mass is 434 g/mol. The molecule has 0 fully saturated rings. The molecule has 2 aromatic carbocycles. The number of amides is 1. The number of halogens is 1. The number of rotatable bonds is 6. The zero-order chi connectivity index (χ0) is 21.8. The Kier molecular flexibility index (Phi) is 5.90. The highest BCUT2D eigenvalue weighted by molar-refractivity contribution is 6.32. The summed E-state index contributed by atoms with van der Waals surface area (Å²) in [6, 6.07) is 16.7. The van der Waals surface area contributed by atoms with Crippen molar-refractivity contribution in [1.82, 2.24) is 25.2 Å². The van der Waals surface area contributed by atoms with E-state index < -0.39 is 0 Å². The number of aromatic amines is 1. The average molecular weight is 435 g/mol. The Morgan fingerprint density at radius 3 is 2.74 bits per heavy atom. The Morgan fingerprint density at radius 1 is 1.19 bits per heavy atom. The van der Waals surface area contributed by atoms with Crippen LogP contribution in [-0.2, 0) is 11.2 Å². The summed E-state index contributed by atoms with van der Waals surface area (Å²) in [6.45, 7) is 1.81. The lowest BCUT2D eigenvalue weighted by atomic mass is 10.2. The number of nitrogens with one attached hydrogen (secondary N) is 2. The summed E-state index contributed by atoms with van der Waals surface area (Å²) < 4.78 is 1.61. The minimum absolute atomic E-state index is 0.0712. The van der Waals surface area contributed by atoms with Crippen LogP contribution in [0.4, 0.5) is 0 Å². The van der Waals surface area contributed by atoms with E-state index in [0.29, 0.717) is 33.1 Å². The predicted molar refractivity (Wildman–Crippen MR) is 120 cm³/mol. The molecule has 0 aliphatic carbocycles. The third-order valence-corrected chi connectivity index (χ3v) is 5.05. The summed E-state index contributed by atoms with van der Waals surface area (Å²) in [7, 11) is 0. The summed E-state index contributed by atoms with van der Waals surface area (Å²) >= 11 is 6.44. The second-order valence-corrected chi connectivity index (χ2v) is 7.22. The molecule has 0 unspecified atom stereocenters. The highest BCUT2D eigenvalue weighted by atomic mass is 35.5. The van der Waals surface area contributed by atoms with Crippen LogP contribution >= 0.6 is 11.6 Å². The van der Waals surface area contributed by atoms with E-state index in [4.69, 9.17) is 11.6 Å². The number of hydrazone groups is 1. The Morgan fingerprint density at radius 2 is 1.94 bits per heavy atom. The number of H-pyrrole nitrogens is 1. The molecular weight excluding hydrogens is 416 g/mol. The fourth-order valence-corrected chi connectivity index (χ4v) is 3.41. The molecule has 1 amide bonds. The number of fused-ring (bicyclic) bond motifs is 1. The normalized spacial score (nSPS) is 11.3. The van der Waals surface area contributed by atoms with Crippen LogP contribution in [0.3, 0.4) is 0 Å². The summed E-state index contributed by atoms with van der Waals surface area (Å²) in [4.78, 5) is 31.4. The highest BCUT2D eigenvalue weighted by Gasteiger charge is 2.13. The Bertz CT molecular complexity index is 1330. The number of hydrogen-bond acceptors (Lipinski definition) is 5. The van der Waals surface area contributed by atoms with Gasteiger partial charge in [0.25, 0.3) is 5.56 Å². The molecule has 0 radical (unpaired) electrons. The number of carbonyl (C=O) groups excluding carboxylic acids is 1. The van der Waals surface area contributed by atoms with E-state index in [9.17, 15) is 9.59 Å². The lowest BCUT2D eigenvalue weighted by Gasteiger charge is -2.03. The molecule has 0 atom stereocenters. The van der Waals surface area contributed by atoms with Gasteiger partial charge in [0.2, 0.25) is 5.91 Å². The number of aromatic nitrogens is 4. The van der Waals surface area contributed by atoms with Gasteiger partial charge in [0.15, 0.2) is 0 Å². The number of carbonyl (C=O) groups is 1. The lowest BCUT2D eigenvalue weighted by molar-refractivity contribution is -0.121. The molecule has 0 saturated carbocycles. The van der Waals surface area contributed by atoms with Gasteiger partial charge in [0.1, 0.15) is 10.8 Å².